The van der Waals surface area contributed by atoms with Crippen molar-refractivity contribution >= 4 is 28.9 Å². The molecule has 8 heteroatoms. The molecule has 7 nitrogen and oxygen atoms in total. The van der Waals surface area contributed by atoms with Crippen LogP contribution in [-0.4, -0.2) is 29.4 Å². The molecule has 3 aromatic heterocycles. The molecule has 0 spiro atoms. The molecule has 3 heterocycles. The topological polar surface area (TPSA) is 72.9 Å². The molecular formula is C11H12ClN7. The molecule has 0 amide bonds. The Morgan fingerprint density at radius 3 is 3.05 bits per heavy atom. The first-order valence-corrected chi connectivity index (χ1v) is 6.21. The maximum Gasteiger partial charge on any atom is 0.255 e. The molecule has 1 N–H and O–H groups in total. The van der Waals surface area contributed by atoms with Gasteiger partial charge in [0.1, 0.15) is 17.3 Å². The summed E-state index contributed by atoms with van der Waals surface area (Å²) in [4.78, 5) is 8.10. The van der Waals surface area contributed by atoms with E-state index in [0.717, 1.165) is 17.8 Å². The van der Waals surface area contributed by atoms with Gasteiger partial charge in [0.25, 0.3) is 5.78 Å². The number of rotatable bonds is 3. The minimum absolute atomic E-state index is 0.366. The Balaban J connectivity index is 2.07. The lowest BCUT2D eigenvalue weighted by atomic mass is 10.3. The molecule has 0 radical (unpaired) electrons. The minimum Gasteiger partial charge on any atom is -0.337 e. The lowest BCUT2D eigenvalue weighted by molar-refractivity contribution is 0.746. The zero-order valence-corrected chi connectivity index (χ0v) is 11.3. The summed E-state index contributed by atoms with van der Waals surface area (Å²) in [6.07, 6.45) is 4.19. The Bertz CT molecular complexity index is 730. The Labute approximate surface area is 114 Å². The predicted octanol–water partition coefficient (Wildman–Crippen LogP) is 1.82. The van der Waals surface area contributed by atoms with Gasteiger partial charge in [0.05, 0.1) is 11.4 Å². The third kappa shape index (κ3) is 2.12. The van der Waals surface area contributed by atoms with Crippen LogP contribution in [0.3, 0.4) is 0 Å². The van der Waals surface area contributed by atoms with Gasteiger partial charge in [-0.2, -0.15) is 24.7 Å². The zero-order valence-electron chi connectivity index (χ0n) is 10.5. The number of hydrogen-bond donors (Lipinski definition) is 1. The van der Waals surface area contributed by atoms with Gasteiger partial charge in [0.2, 0.25) is 0 Å². The summed E-state index contributed by atoms with van der Waals surface area (Å²) in [6.45, 7) is 2.05. The molecule has 0 aliphatic carbocycles. The van der Waals surface area contributed by atoms with Crippen molar-refractivity contribution in [3.05, 3.63) is 29.4 Å². The molecule has 0 unspecified atom stereocenters. The molecule has 0 bridgehead atoms. The van der Waals surface area contributed by atoms with Gasteiger partial charge in [-0.1, -0.05) is 18.5 Å². The van der Waals surface area contributed by atoms with Crippen LogP contribution >= 0.6 is 11.6 Å². The van der Waals surface area contributed by atoms with Gasteiger partial charge in [-0.3, -0.25) is 4.68 Å². The molecule has 19 heavy (non-hydrogen) atoms. The van der Waals surface area contributed by atoms with E-state index in [1.165, 1.54) is 6.33 Å². The Morgan fingerprint density at radius 2 is 2.26 bits per heavy atom. The monoisotopic (exact) mass is 277 g/mol. The highest BCUT2D eigenvalue weighted by Gasteiger charge is 2.10. The number of fused-ring (bicyclic) bond motifs is 1. The molecule has 0 aliphatic heterocycles. The van der Waals surface area contributed by atoms with E-state index in [1.807, 2.05) is 13.2 Å². The van der Waals surface area contributed by atoms with Crippen LogP contribution in [0, 0.1) is 0 Å². The quantitative estimate of drug-likeness (QED) is 0.739. The maximum absolute atomic E-state index is 5.97. The third-order valence-corrected chi connectivity index (χ3v) is 2.92. The molecule has 0 aliphatic rings. The van der Waals surface area contributed by atoms with Crippen LogP contribution in [0.5, 0.6) is 0 Å². The summed E-state index contributed by atoms with van der Waals surface area (Å²) in [5.41, 5.74) is 1.90. The largest absolute Gasteiger partial charge is 0.337 e. The van der Waals surface area contributed by atoms with Gasteiger partial charge in [0, 0.05) is 19.3 Å². The summed E-state index contributed by atoms with van der Waals surface area (Å²) in [5.74, 6) is 1.16. The fourth-order valence-electron chi connectivity index (χ4n) is 1.91. The Hall–Kier alpha value is -2.15. The van der Waals surface area contributed by atoms with Gasteiger partial charge < -0.3 is 5.32 Å². The van der Waals surface area contributed by atoms with Crippen molar-refractivity contribution in [2.75, 3.05) is 5.32 Å². The average Bonchev–Trinajstić information content (AvgIpc) is 2.95. The molecule has 0 saturated heterocycles. The van der Waals surface area contributed by atoms with Crippen molar-refractivity contribution in [1.82, 2.24) is 29.4 Å². The molecule has 3 aromatic rings. The lowest BCUT2D eigenvalue weighted by Crippen LogP contribution is -2.02. The molecule has 0 atom stereocenters. The number of hydrogen-bond acceptors (Lipinski definition) is 5. The standard InChI is InChI=1S/C11H12ClN7/c1-3-7-8(5-18(2)17-7)15-10-4-9(12)16-11-13-6-14-19(10)11/h4-6,15H,3H2,1-2H3. The van der Waals surface area contributed by atoms with Crippen molar-refractivity contribution in [3.8, 4) is 0 Å². The molecule has 0 aromatic carbocycles. The van der Waals surface area contributed by atoms with Crippen molar-refractivity contribution < 1.29 is 0 Å². The van der Waals surface area contributed by atoms with E-state index in [0.29, 0.717) is 16.7 Å². The summed E-state index contributed by atoms with van der Waals surface area (Å²) < 4.78 is 3.36. The highest BCUT2D eigenvalue weighted by atomic mass is 35.5. The summed E-state index contributed by atoms with van der Waals surface area (Å²) in [6, 6.07) is 1.70. The van der Waals surface area contributed by atoms with Crippen LogP contribution in [0.1, 0.15) is 12.6 Å². The molecular weight excluding hydrogens is 266 g/mol. The highest BCUT2D eigenvalue weighted by Crippen LogP contribution is 2.22. The highest BCUT2D eigenvalue weighted by molar-refractivity contribution is 6.29. The van der Waals surface area contributed by atoms with Gasteiger partial charge in [-0.05, 0) is 6.42 Å². The zero-order chi connectivity index (χ0) is 13.4. The fraction of sp³-hybridized carbons (Fsp3) is 0.273. The number of halogens is 1. The van der Waals surface area contributed by atoms with Crippen LogP contribution in [-0.2, 0) is 13.5 Å². The first-order valence-electron chi connectivity index (χ1n) is 5.83. The fourth-order valence-corrected chi connectivity index (χ4v) is 2.09. The summed E-state index contributed by atoms with van der Waals surface area (Å²) in [5, 5.41) is 12.1. The van der Waals surface area contributed by atoms with E-state index in [-0.39, 0.29) is 0 Å². The van der Waals surface area contributed by atoms with Crippen molar-refractivity contribution in [2.45, 2.75) is 13.3 Å². The van der Waals surface area contributed by atoms with Gasteiger partial charge >= 0.3 is 0 Å². The van der Waals surface area contributed by atoms with Crippen LogP contribution in [0.25, 0.3) is 5.78 Å². The smallest absolute Gasteiger partial charge is 0.255 e. The van der Waals surface area contributed by atoms with E-state index >= 15 is 0 Å². The first-order chi connectivity index (χ1) is 9.17. The van der Waals surface area contributed by atoms with Crippen molar-refractivity contribution in [3.63, 3.8) is 0 Å². The third-order valence-electron chi connectivity index (χ3n) is 2.72. The number of aryl methyl sites for hydroxylation is 2. The van der Waals surface area contributed by atoms with Crippen molar-refractivity contribution in [2.24, 2.45) is 7.05 Å². The minimum atomic E-state index is 0.366. The molecule has 98 valence electrons. The first kappa shape index (κ1) is 11.9. The molecule has 3 rings (SSSR count). The second-order valence-electron chi connectivity index (χ2n) is 4.08. The van der Waals surface area contributed by atoms with Crippen LogP contribution in [0.15, 0.2) is 18.6 Å². The average molecular weight is 278 g/mol. The van der Waals surface area contributed by atoms with Gasteiger partial charge in [-0.15, -0.1) is 0 Å². The van der Waals surface area contributed by atoms with Crippen LogP contribution in [0.2, 0.25) is 5.15 Å². The predicted molar refractivity (Wildman–Crippen MR) is 71.7 cm³/mol. The number of anilines is 2. The Kier molecular flexibility index (Phi) is 2.83. The van der Waals surface area contributed by atoms with E-state index in [4.69, 9.17) is 11.6 Å². The van der Waals surface area contributed by atoms with Crippen LogP contribution in [0.4, 0.5) is 11.5 Å². The van der Waals surface area contributed by atoms with Gasteiger partial charge in [-0.25, -0.2) is 0 Å². The second-order valence-corrected chi connectivity index (χ2v) is 4.46. The van der Waals surface area contributed by atoms with Gasteiger partial charge in [0.15, 0.2) is 0 Å². The maximum atomic E-state index is 5.97. The number of nitrogens with one attached hydrogen (secondary N) is 1. The molecule has 0 fully saturated rings. The van der Waals surface area contributed by atoms with E-state index in [2.05, 4.69) is 32.4 Å². The SMILES string of the molecule is CCc1nn(C)cc1Nc1cc(Cl)nc2ncnn12. The normalized spacial score (nSPS) is 11.1. The van der Waals surface area contributed by atoms with E-state index in [9.17, 15) is 0 Å². The van der Waals surface area contributed by atoms with Crippen LogP contribution < -0.4 is 5.32 Å². The molecule has 0 saturated carbocycles. The van der Waals surface area contributed by atoms with Crippen molar-refractivity contribution in [1.29, 1.82) is 0 Å². The number of nitrogens with zero attached hydrogens (tertiary/aromatic N) is 6. The van der Waals surface area contributed by atoms with E-state index < -0.39 is 0 Å². The second kappa shape index (κ2) is 4.51. The summed E-state index contributed by atoms with van der Waals surface area (Å²) in [7, 11) is 1.88. The number of aromatic nitrogens is 6. The summed E-state index contributed by atoms with van der Waals surface area (Å²) >= 11 is 5.97. The lowest BCUT2D eigenvalue weighted by Gasteiger charge is -2.07. The van der Waals surface area contributed by atoms with E-state index in [1.54, 1.807) is 15.3 Å². The Morgan fingerprint density at radius 1 is 1.42 bits per heavy atom.